The monoisotopic (exact) mass is 478 g/mol. The van der Waals surface area contributed by atoms with Crippen molar-refractivity contribution in [3.8, 4) is 5.75 Å². The van der Waals surface area contributed by atoms with Gasteiger partial charge in [-0.2, -0.15) is 0 Å². The number of hydrogen-bond acceptors (Lipinski definition) is 3. The summed E-state index contributed by atoms with van der Waals surface area (Å²) in [6.07, 6.45) is 0.473. The normalized spacial score (nSPS) is 11.9. The number of amides is 2. The molecule has 0 fully saturated rings. The van der Waals surface area contributed by atoms with Crippen LogP contribution in [0.15, 0.2) is 36.4 Å². The van der Waals surface area contributed by atoms with Gasteiger partial charge in [-0.05, 0) is 61.1 Å². The number of nitrogens with zero attached hydrogens (tertiary/aromatic N) is 1. The van der Waals surface area contributed by atoms with Crippen LogP contribution in [-0.4, -0.2) is 35.9 Å². The summed E-state index contributed by atoms with van der Waals surface area (Å²) in [5.74, 6) is 0.512. The second-order valence-corrected chi connectivity index (χ2v) is 9.13. The van der Waals surface area contributed by atoms with Crippen LogP contribution in [0.4, 0.5) is 0 Å². The molecule has 32 heavy (non-hydrogen) atoms. The Bertz CT molecular complexity index is 947. The van der Waals surface area contributed by atoms with E-state index < -0.39 is 6.04 Å². The molecule has 2 amide bonds. The molecule has 1 atom stereocenters. The number of aryl methyl sites for hydroxylation is 1. The summed E-state index contributed by atoms with van der Waals surface area (Å²) >= 11 is 12.2. The van der Waals surface area contributed by atoms with Crippen LogP contribution >= 0.6 is 23.2 Å². The predicted octanol–water partition coefficient (Wildman–Crippen LogP) is 5.57. The number of hydrogen-bond donors (Lipinski definition) is 1. The number of nitrogens with one attached hydrogen (secondary N) is 1. The van der Waals surface area contributed by atoms with Gasteiger partial charge in [0.25, 0.3) is 5.91 Å². The highest BCUT2D eigenvalue weighted by atomic mass is 35.5. The fourth-order valence-corrected chi connectivity index (χ4v) is 3.60. The van der Waals surface area contributed by atoms with Crippen LogP contribution in [0.3, 0.4) is 0 Å². The molecule has 0 saturated heterocycles. The molecule has 2 aromatic carbocycles. The lowest BCUT2D eigenvalue weighted by molar-refractivity contribution is -0.143. The quantitative estimate of drug-likeness (QED) is 0.485. The summed E-state index contributed by atoms with van der Waals surface area (Å²) in [4.78, 5) is 27.7. The van der Waals surface area contributed by atoms with Gasteiger partial charge in [0, 0.05) is 13.1 Å². The van der Waals surface area contributed by atoms with E-state index >= 15 is 0 Å². The van der Waals surface area contributed by atoms with Crippen LogP contribution in [0.2, 0.25) is 10.0 Å². The van der Waals surface area contributed by atoms with E-state index in [0.717, 1.165) is 16.7 Å². The zero-order valence-corrected chi connectivity index (χ0v) is 20.9. The average Bonchev–Trinajstić information content (AvgIpc) is 2.75. The molecule has 0 saturated carbocycles. The largest absolute Gasteiger partial charge is 0.483 e. The lowest BCUT2D eigenvalue weighted by Gasteiger charge is -2.31. The maximum absolute atomic E-state index is 13.3. The molecule has 0 aliphatic heterocycles. The van der Waals surface area contributed by atoms with Crippen molar-refractivity contribution in [1.82, 2.24) is 10.2 Å². The van der Waals surface area contributed by atoms with Crippen LogP contribution in [0, 0.1) is 19.8 Å². The Kier molecular flexibility index (Phi) is 9.85. The Morgan fingerprint density at radius 3 is 2.44 bits per heavy atom. The standard InChI is InChI=1S/C25H32Cl2N2O3/c1-6-22(25(31)28-13-16(2)3)29(14-19-10-11-20(26)21(27)12-19)24(30)15-32-23-9-7-8-17(4)18(23)5/h7-12,16,22H,6,13-15H2,1-5H3,(H,28,31)/t22-/m0/s1. The fourth-order valence-electron chi connectivity index (χ4n) is 3.28. The molecular formula is C25H32Cl2N2O3. The molecule has 0 unspecified atom stereocenters. The van der Waals surface area contributed by atoms with E-state index in [1.807, 2.05) is 52.8 Å². The molecule has 0 spiro atoms. The van der Waals surface area contributed by atoms with E-state index in [-0.39, 0.29) is 25.0 Å². The van der Waals surface area contributed by atoms with Crippen molar-refractivity contribution in [1.29, 1.82) is 0 Å². The van der Waals surface area contributed by atoms with Gasteiger partial charge in [0.05, 0.1) is 10.0 Å². The Balaban J connectivity index is 2.26. The van der Waals surface area contributed by atoms with Gasteiger partial charge in [-0.3, -0.25) is 9.59 Å². The highest BCUT2D eigenvalue weighted by Gasteiger charge is 2.29. The molecule has 174 valence electrons. The Hall–Kier alpha value is -2.24. The van der Waals surface area contributed by atoms with E-state index in [1.54, 1.807) is 23.1 Å². The van der Waals surface area contributed by atoms with Gasteiger partial charge in [-0.15, -0.1) is 0 Å². The Morgan fingerprint density at radius 2 is 1.81 bits per heavy atom. The summed E-state index contributed by atoms with van der Waals surface area (Å²) in [6.45, 7) is 10.5. The lowest BCUT2D eigenvalue weighted by Crippen LogP contribution is -2.50. The summed E-state index contributed by atoms with van der Waals surface area (Å²) in [5.41, 5.74) is 2.86. The smallest absolute Gasteiger partial charge is 0.261 e. The Labute approximate surface area is 201 Å². The van der Waals surface area contributed by atoms with Crippen molar-refractivity contribution in [2.24, 2.45) is 5.92 Å². The van der Waals surface area contributed by atoms with Crippen molar-refractivity contribution in [2.45, 2.75) is 53.6 Å². The van der Waals surface area contributed by atoms with Crippen molar-refractivity contribution >= 4 is 35.0 Å². The molecule has 5 nitrogen and oxygen atoms in total. The van der Waals surface area contributed by atoms with E-state index in [1.165, 1.54) is 0 Å². The first-order chi connectivity index (χ1) is 15.1. The van der Waals surface area contributed by atoms with Crippen LogP contribution < -0.4 is 10.1 Å². The third kappa shape index (κ3) is 7.14. The Morgan fingerprint density at radius 1 is 1.09 bits per heavy atom. The van der Waals surface area contributed by atoms with Crippen LogP contribution in [0.25, 0.3) is 0 Å². The molecule has 0 radical (unpaired) electrons. The second kappa shape index (κ2) is 12.1. The maximum atomic E-state index is 13.3. The SMILES string of the molecule is CC[C@@H](C(=O)NCC(C)C)N(Cc1ccc(Cl)c(Cl)c1)C(=O)COc1cccc(C)c1C. The van der Waals surface area contributed by atoms with Gasteiger partial charge in [0.15, 0.2) is 6.61 Å². The van der Waals surface area contributed by atoms with E-state index in [9.17, 15) is 9.59 Å². The molecular weight excluding hydrogens is 447 g/mol. The van der Waals surface area contributed by atoms with Crippen molar-refractivity contribution in [2.75, 3.05) is 13.2 Å². The third-order valence-electron chi connectivity index (χ3n) is 5.31. The minimum absolute atomic E-state index is 0.167. The van der Waals surface area contributed by atoms with Gasteiger partial charge < -0.3 is 15.0 Å². The van der Waals surface area contributed by atoms with Gasteiger partial charge in [0.1, 0.15) is 11.8 Å². The minimum atomic E-state index is -0.627. The zero-order chi connectivity index (χ0) is 23.8. The summed E-state index contributed by atoms with van der Waals surface area (Å²) in [7, 11) is 0. The maximum Gasteiger partial charge on any atom is 0.261 e. The summed E-state index contributed by atoms with van der Waals surface area (Å²) in [5, 5.41) is 3.79. The molecule has 7 heteroatoms. The second-order valence-electron chi connectivity index (χ2n) is 8.32. The summed E-state index contributed by atoms with van der Waals surface area (Å²) in [6, 6.07) is 10.3. The lowest BCUT2D eigenvalue weighted by atomic mass is 10.1. The topological polar surface area (TPSA) is 58.6 Å². The molecule has 0 aliphatic carbocycles. The van der Waals surface area contributed by atoms with Crippen LogP contribution in [0.1, 0.15) is 43.9 Å². The van der Waals surface area contributed by atoms with Gasteiger partial charge in [-0.25, -0.2) is 0 Å². The minimum Gasteiger partial charge on any atom is -0.483 e. The molecule has 0 heterocycles. The highest BCUT2D eigenvalue weighted by Crippen LogP contribution is 2.25. The zero-order valence-electron chi connectivity index (χ0n) is 19.4. The van der Waals surface area contributed by atoms with Crippen molar-refractivity contribution in [3.63, 3.8) is 0 Å². The number of carbonyl (C=O) groups excluding carboxylic acids is 2. The first-order valence-corrected chi connectivity index (χ1v) is 11.6. The van der Waals surface area contributed by atoms with Crippen molar-refractivity contribution < 1.29 is 14.3 Å². The average molecular weight is 479 g/mol. The molecule has 2 aromatic rings. The van der Waals surface area contributed by atoms with Crippen LogP contribution in [-0.2, 0) is 16.1 Å². The molecule has 0 aromatic heterocycles. The molecule has 2 rings (SSSR count). The number of carbonyl (C=O) groups is 2. The van der Waals surface area contributed by atoms with E-state index in [2.05, 4.69) is 5.32 Å². The number of ether oxygens (including phenoxy) is 1. The van der Waals surface area contributed by atoms with Gasteiger partial charge in [-0.1, -0.05) is 62.2 Å². The first-order valence-electron chi connectivity index (χ1n) is 10.8. The molecule has 0 bridgehead atoms. The fraction of sp³-hybridized carbons (Fsp3) is 0.440. The molecule has 0 aliphatic rings. The number of benzene rings is 2. The number of rotatable bonds is 10. The predicted molar refractivity (Wildman–Crippen MR) is 130 cm³/mol. The van der Waals surface area contributed by atoms with Gasteiger partial charge >= 0.3 is 0 Å². The van der Waals surface area contributed by atoms with Gasteiger partial charge in [0.2, 0.25) is 5.91 Å². The number of halogens is 2. The van der Waals surface area contributed by atoms with Crippen molar-refractivity contribution in [3.05, 3.63) is 63.1 Å². The van der Waals surface area contributed by atoms with Crippen LogP contribution in [0.5, 0.6) is 5.75 Å². The summed E-state index contributed by atoms with van der Waals surface area (Å²) < 4.78 is 5.84. The van der Waals surface area contributed by atoms with E-state index in [0.29, 0.717) is 34.7 Å². The highest BCUT2D eigenvalue weighted by molar-refractivity contribution is 6.42. The molecule has 1 N–H and O–H groups in total. The first kappa shape index (κ1) is 26.0. The third-order valence-corrected chi connectivity index (χ3v) is 6.05. The van der Waals surface area contributed by atoms with E-state index in [4.69, 9.17) is 27.9 Å².